The fraction of sp³-hybridized carbons (Fsp3) is 0.435. The van der Waals surface area contributed by atoms with Gasteiger partial charge in [0.2, 0.25) is 26.0 Å². The van der Waals surface area contributed by atoms with E-state index in [-0.39, 0.29) is 22.2 Å². The van der Waals surface area contributed by atoms with Gasteiger partial charge in [-0.1, -0.05) is 43.7 Å². The summed E-state index contributed by atoms with van der Waals surface area (Å²) < 4.78 is 54.0. The summed E-state index contributed by atoms with van der Waals surface area (Å²) in [5, 5.41) is 2.80. The van der Waals surface area contributed by atoms with Crippen LogP contribution in [0.2, 0.25) is 0 Å². The molecule has 1 amide bonds. The molecule has 1 N–H and O–H groups in total. The molecule has 1 aliphatic heterocycles. The molecule has 180 valence electrons. The first-order valence-corrected chi connectivity index (χ1v) is 13.9. The van der Waals surface area contributed by atoms with Gasteiger partial charge in [0.1, 0.15) is 6.04 Å². The van der Waals surface area contributed by atoms with Crippen molar-refractivity contribution >= 4 is 26.0 Å². The molecule has 0 aromatic heterocycles. The average molecular weight is 494 g/mol. The monoisotopic (exact) mass is 493 g/mol. The number of hydrogen-bond acceptors (Lipinski definition) is 5. The number of benzene rings is 2. The SMILES string of the molecule is CCN(CC)S(=O)(=O)c1ccc(CNC(=O)[C@@H]2CCCN2S(=O)(=O)c2ccc(C)cc2)cc1. The summed E-state index contributed by atoms with van der Waals surface area (Å²) in [4.78, 5) is 13.2. The highest BCUT2D eigenvalue weighted by Gasteiger charge is 2.39. The highest BCUT2D eigenvalue weighted by molar-refractivity contribution is 7.89. The minimum atomic E-state index is -3.77. The summed E-state index contributed by atoms with van der Waals surface area (Å²) in [7, 11) is -7.31. The van der Waals surface area contributed by atoms with Crippen molar-refractivity contribution in [3.63, 3.8) is 0 Å². The molecule has 3 rings (SSSR count). The second kappa shape index (κ2) is 10.3. The average Bonchev–Trinajstić information content (AvgIpc) is 3.30. The van der Waals surface area contributed by atoms with Crippen molar-refractivity contribution in [2.24, 2.45) is 0 Å². The van der Waals surface area contributed by atoms with E-state index in [1.165, 1.54) is 20.7 Å². The molecule has 1 saturated heterocycles. The topological polar surface area (TPSA) is 104 Å². The molecular formula is C23H31N3O5S2. The second-order valence-corrected chi connectivity index (χ2v) is 11.9. The van der Waals surface area contributed by atoms with Crippen LogP contribution in [0.25, 0.3) is 0 Å². The van der Waals surface area contributed by atoms with Crippen molar-refractivity contribution in [1.82, 2.24) is 13.9 Å². The van der Waals surface area contributed by atoms with Gasteiger partial charge in [0, 0.05) is 26.2 Å². The summed E-state index contributed by atoms with van der Waals surface area (Å²) >= 11 is 0. The summed E-state index contributed by atoms with van der Waals surface area (Å²) in [6, 6.07) is 12.2. The lowest BCUT2D eigenvalue weighted by atomic mass is 10.2. The third kappa shape index (κ3) is 5.46. The molecule has 1 atom stereocenters. The van der Waals surface area contributed by atoms with Gasteiger partial charge in [0.05, 0.1) is 9.79 Å². The molecule has 0 radical (unpaired) electrons. The Hall–Kier alpha value is -2.27. The van der Waals surface area contributed by atoms with Crippen LogP contribution >= 0.6 is 0 Å². The molecule has 2 aromatic rings. The summed E-state index contributed by atoms with van der Waals surface area (Å²) in [6.45, 7) is 6.71. The van der Waals surface area contributed by atoms with Gasteiger partial charge in [-0.3, -0.25) is 4.79 Å². The van der Waals surface area contributed by atoms with Crippen molar-refractivity contribution in [3.8, 4) is 0 Å². The minimum Gasteiger partial charge on any atom is -0.351 e. The van der Waals surface area contributed by atoms with Crippen LogP contribution in [0.4, 0.5) is 0 Å². The van der Waals surface area contributed by atoms with Crippen LogP contribution in [0.5, 0.6) is 0 Å². The fourth-order valence-electron chi connectivity index (χ4n) is 3.93. The molecule has 1 fully saturated rings. The van der Waals surface area contributed by atoms with Gasteiger partial charge >= 0.3 is 0 Å². The number of carbonyl (C=O) groups is 1. The zero-order chi connectivity index (χ0) is 24.2. The molecule has 10 heteroatoms. The molecule has 1 heterocycles. The lowest BCUT2D eigenvalue weighted by Crippen LogP contribution is -2.45. The van der Waals surface area contributed by atoms with Crippen LogP contribution in [0, 0.1) is 6.92 Å². The first-order chi connectivity index (χ1) is 15.6. The first kappa shape index (κ1) is 25.4. The van der Waals surface area contributed by atoms with Crippen molar-refractivity contribution in [2.75, 3.05) is 19.6 Å². The number of nitrogens with zero attached hydrogens (tertiary/aromatic N) is 2. The van der Waals surface area contributed by atoms with E-state index in [4.69, 9.17) is 0 Å². The van der Waals surface area contributed by atoms with E-state index in [0.29, 0.717) is 32.5 Å². The third-order valence-corrected chi connectivity index (χ3v) is 9.85. The van der Waals surface area contributed by atoms with Gasteiger partial charge in [-0.05, 0) is 49.6 Å². The Morgan fingerprint density at radius 3 is 2.12 bits per heavy atom. The summed E-state index contributed by atoms with van der Waals surface area (Å²) in [5.74, 6) is -0.358. The van der Waals surface area contributed by atoms with Crippen molar-refractivity contribution < 1.29 is 21.6 Å². The maximum absolute atomic E-state index is 13.1. The van der Waals surface area contributed by atoms with E-state index < -0.39 is 26.1 Å². The Morgan fingerprint density at radius 2 is 1.55 bits per heavy atom. The van der Waals surface area contributed by atoms with Crippen molar-refractivity contribution in [2.45, 2.75) is 56.0 Å². The molecule has 0 bridgehead atoms. The second-order valence-electron chi connectivity index (χ2n) is 8.04. The first-order valence-electron chi connectivity index (χ1n) is 11.1. The molecule has 33 heavy (non-hydrogen) atoms. The molecular weight excluding hydrogens is 462 g/mol. The van der Waals surface area contributed by atoms with Crippen LogP contribution in [0.15, 0.2) is 58.3 Å². The fourth-order valence-corrected chi connectivity index (χ4v) is 7.05. The van der Waals surface area contributed by atoms with E-state index in [1.807, 2.05) is 6.92 Å². The third-order valence-electron chi connectivity index (χ3n) is 5.87. The van der Waals surface area contributed by atoms with Crippen molar-refractivity contribution in [1.29, 1.82) is 0 Å². The zero-order valence-corrected chi connectivity index (χ0v) is 20.8. The number of sulfonamides is 2. The van der Waals surface area contributed by atoms with E-state index in [2.05, 4.69) is 5.32 Å². The lowest BCUT2D eigenvalue weighted by Gasteiger charge is -2.23. The number of amides is 1. The van der Waals surface area contributed by atoms with Crippen molar-refractivity contribution in [3.05, 3.63) is 59.7 Å². The number of rotatable bonds is 9. The Labute approximate surface area is 196 Å². The van der Waals surface area contributed by atoms with Gasteiger partial charge in [0.15, 0.2) is 0 Å². The molecule has 0 spiro atoms. The normalized spacial score (nSPS) is 17.4. The van der Waals surface area contributed by atoms with Crippen LogP contribution in [-0.2, 0) is 31.4 Å². The predicted molar refractivity (Wildman–Crippen MR) is 126 cm³/mol. The van der Waals surface area contributed by atoms with Crippen LogP contribution < -0.4 is 5.32 Å². The smallest absolute Gasteiger partial charge is 0.243 e. The standard InChI is InChI=1S/C23H31N3O5S2/c1-4-25(5-2)32(28,29)20-14-10-19(11-15-20)17-24-23(27)22-7-6-16-26(22)33(30,31)21-12-8-18(3)9-13-21/h8-15,22H,4-7,16-17H2,1-3H3,(H,24,27)/t22-/m0/s1. The molecule has 0 saturated carbocycles. The molecule has 0 aliphatic carbocycles. The van der Waals surface area contributed by atoms with E-state index in [1.54, 1.807) is 50.2 Å². The Bertz CT molecular complexity index is 1170. The largest absolute Gasteiger partial charge is 0.351 e. The highest BCUT2D eigenvalue weighted by atomic mass is 32.2. The van der Waals surface area contributed by atoms with Gasteiger partial charge in [-0.15, -0.1) is 0 Å². The van der Waals surface area contributed by atoms with Crippen LogP contribution in [-0.4, -0.2) is 57.0 Å². The highest BCUT2D eigenvalue weighted by Crippen LogP contribution is 2.26. The van der Waals surface area contributed by atoms with E-state index in [0.717, 1.165) is 11.1 Å². The minimum absolute atomic E-state index is 0.179. The Balaban J connectivity index is 1.67. The van der Waals surface area contributed by atoms with Crippen LogP contribution in [0.1, 0.15) is 37.8 Å². The van der Waals surface area contributed by atoms with E-state index >= 15 is 0 Å². The van der Waals surface area contributed by atoms with Gasteiger partial charge in [0.25, 0.3) is 0 Å². The number of aryl methyl sites for hydroxylation is 1. The van der Waals surface area contributed by atoms with E-state index in [9.17, 15) is 21.6 Å². The Kier molecular flexibility index (Phi) is 7.94. The molecule has 0 unspecified atom stereocenters. The molecule has 1 aliphatic rings. The maximum Gasteiger partial charge on any atom is 0.243 e. The summed E-state index contributed by atoms with van der Waals surface area (Å²) in [6.07, 6.45) is 1.07. The van der Waals surface area contributed by atoms with Gasteiger partial charge in [-0.25, -0.2) is 16.8 Å². The summed E-state index contributed by atoms with van der Waals surface area (Å²) in [5.41, 5.74) is 1.69. The zero-order valence-electron chi connectivity index (χ0n) is 19.2. The molecule has 2 aromatic carbocycles. The molecule has 8 nitrogen and oxygen atoms in total. The number of nitrogens with one attached hydrogen (secondary N) is 1. The number of hydrogen-bond donors (Lipinski definition) is 1. The van der Waals surface area contributed by atoms with Gasteiger partial charge in [-0.2, -0.15) is 8.61 Å². The maximum atomic E-state index is 13.1. The lowest BCUT2D eigenvalue weighted by molar-refractivity contribution is -0.124. The quantitative estimate of drug-likeness (QED) is 0.578. The number of carbonyl (C=O) groups excluding carboxylic acids is 1. The predicted octanol–water partition coefficient (Wildman–Crippen LogP) is 2.50. The Morgan fingerprint density at radius 1 is 0.970 bits per heavy atom. The van der Waals surface area contributed by atoms with Crippen LogP contribution in [0.3, 0.4) is 0 Å². The van der Waals surface area contributed by atoms with Gasteiger partial charge < -0.3 is 5.32 Å².